The molecule has 1 saturated heterocycles. The number of nitrogens with one attached hydrogen (secondary N) is 2. The molecule has 0 radical (unpaired) electrons. The molecule has 0 bridgehead atoms. The highest BCUT2D eigenvalue weighted by molar-refractivity contribution is 5.94. The van der Waals surface area contributed by atoms with Gasteiger partial charge in [-0.05, 0) is 49.6 Å². The van der Waals surface area contributed by atoms with Crippen LogP contribution in [0.25, 0.3) is 0 Å². The molecule has 164 valence electrons. The van der Waals surface area contributed by atoms with Crippen LogP contribution >= 0.6 is 0 Å². The third kappa shape index (κ3) is 5.14. The van der Waals surface area contributed by atoms with Crippen LogP contribution in [0.1, 0.15) is 35.7 Å². The molecule has 1 aliphatic heterocycles. The van der Waals surface area contributed by atoms with Gasteiger partial charge in [0.2, 0.25) is 5.91 Å². The van der Waals surface area contributed by atoms with E-state index >= 15 is 0 Å². The smallest absolute Gasteiger partial charge is 0.323 e. The van der Waals surface area contributed by atoms with Crippen molar-refractivity contribution in [1.82, 2.24) is 15.2 Å². The minimum Gasteiger partial charge on any atom is -0.354 e. The number of pyridine rings is 1. The Kier molecular flexibility index (Phi) is 6.80. The van der Waals surface area contributed by atoms with Gasteiger partial charge in [0, 0.05) is 30.5 Å². The van der Waals surface area contributed by atoms with Gasteiger partial charge in [-0.2, -0.15) is 0 Å². The maximum Gasteiger partial charge on any atom is 0.323 e. The first-order chi connectivity index (χ1) is 15.6. The van der Waals surface area contributed by atoms with Crippen LogP contribution in [0.4, 0.5) is 10.5 Å². The Morgan fingerprint density at radius 1 is 0.969 bits per heavy atom. The van der Waals surface area contributed by atoms with Crippen LogP contribution < -0.4 is 10.6 Å². The van der Waals surface area contributed by atoms with Crippen LogP contribution in [0.2, 0.25) is 0 Å². The first-order valence-electron chi connectivity index (χ1n) is 11.0. The third-order valence-electron chi connectivity index (χ3n) is 5.82. The maximum atomic E-state index is 13.3. The molecular weight excluding hydrogens is 400 g/mol. The lowest BCUT2D eigenvalue weighted by atomic mass is 10.1. The second kappa shape index (κ2) is 10.1. The normalized spacial score (nSPS) is 17.7. The van der Waals surface area contributed by atoms with Crippen molar-refractivity contribution in [3.05, 3.63) is 95.8 Å². The van der Waals surface area contributed by atoms with Crippen LogP contribution in [0.5, 0.6) is 0 Å². The first-order valence-corrected chi connectivity index (χ1v) is 11.0. The number of aryl methyl sites for hydroxylation is 1. The molecule has 2 N–H and O–H groups in total. The molecule has 1 fully saturated rings. The summed E-state index contributed by atoms with van der Waals surface area (Å²) in [4.78, 5) is 32.4. The molecule has 2 aromatic carbocycles. The summed E-state index contributed by atoms with van der Waals surface area (Å²) in [5.74, 6) is -0.126. The SMILES string of the molecule is Cc1ccc(NC(=O)N2C(c3ccccc3)CC[C@H]2C(=O)NCCc2ccccn2)cc1. The van der Waals surface area contributed by atoms with Crippen molar-refractivity contribution in [3.63, 3.8) is 0 Å². The second-order valence-corrected chi connectivity index (χ2v) is 8.09. The van der Waals surface area contributed by atoms with Gasteiger partial charge < -0.3 is 15.5 Å². The quantitative estimate of drug-likeness (QED) is 0.608. The zero-order valence-electron chi connectivity index (χ0n) is 18.2. The molecule has 0 spiro atoms. The monoisotopic (exact) mass is 428 g/mol. The summed E-state index contributed by atoms with van der Waals surface area (Å²) in [5.41, 5.74) is 3.80. The molecule has 0 saturated carbocycles. The van der Waals surface area contributed by atoms with Crippen molar-refractivity contribution in [3.8, 4) is 0 Å². The lowest BCUT2D eigenvalue weighted by Crippen LogP contribution is -2.48. The lowest BCUT2D eigenvalue weighted by Gasteiger charge is -2.30. The molecule has 6 heteroatoms. The minimum absolute atomic E-state index is 0.126. The number of amides is 3. The van der Waals surface area contributed by atoms with Crippen LogP contribution in [0, 0.1) is 6.92 Å². The van der Waals surface area contributed by atoms with E-state index < -0.39 is 6.04 Å². The van der Waals surface area contributed by atoms with Crippen molar-refractivity contribution in [2.75, 3.05) is 11.9 Å². The highest BCUT2D eigenvalue weighted by Crippen LogP contribution is 2.36. The zero-order valence-corrected chi connectivity index (χ0v) is 18.2. The molecular formula is C26H28N4O2. The highest BCUT2D eigenvalue weighted by Gasteiger charge is 2.41. The standard InChI is InChI=1S/C26H28N4O2/c1-19-10-12-22(13-11-19)29-26(32)30-23(20-7-3-2-4-8-20)14-15-24(30)25(31)28-18-16-21-9-5-6-17-27-21/h2-13,17,23-24H,14-16,18H2,1H3,(H,28,31)(H,29,32)/t23?,24-/m0/s1. The van der Waals surface area contributed by atoms with E-state index in [9.17, 15) is 9.59 Å². The number of anilines is 1. The van der Waals surface area contributed by atoms with Crippen LogP contribution in [-0.4, -0.2) is 34.4 Å². The topological polar surface area (TPSA) is 74.3 Å². The van der Waals surface area contributed by atoms with Gasteiger partial charge in [-0.15, -0.1) is 0 Å². The molecule has 1 aromatic heterocycles. The van der Waals surface area contributed by atoms with Crippen LogP contribution in [-0.2, 0) is 11.2 Å². The van der Waals surface area contributed by atoms with E-state index in [1.165, 1.54) is 0 Å². The Bertz CT molecular complexity index is 1040. The number of benzene rings is 2. The fraction of sp³-hybridized carbons (Fsp3) is 0.269. The van der Waals surface area contributed by atoms with Gasteiger partial charge in [0.1, 0.15) is 6.04 Å². The van der Waals surface area contributed by atoms with Gasteiger partial charge in [-0.1, -0.05) is 54.1 Å². The summed E-state index contributed by atoms with van der Waals surface area (Å²) < 4.78 is 0. The van der Waals surface area contributed by atoms with Crippen molar-refractivity contribution >= 4 is 17.6 Å². The molecule has 2 atom stereocenters. The number of carbonyl (C=O) groups is 2. The van der Waals surface area contributed by atoms with Gasteiger partial charge >= 0.3 is 6.03 Å². The largest absolute Gasteiger partial charge is 0.354 e. The lowest BCUT2D eigenvalue weighted by molar-refractivity contribution is -0.124. The fourth-order valence-corrected chi connectivity index (χ4v) is 4.16. The Hall–Kier alpha value is -3.67. The molecule has 1 aliphatic rings. The van der Waals surface area contributed by atoms with E-state index in [4.69, 9.17) is 0 Å². The predicted molar refractivity (Wildman–Crippen MR) is 125 cm³/mol. The fourth-order valence-electron chi connectivity index (χ4n) is 4.16. The number of rotatable bonds is 6. The van der Waals surface area contributed by atoms with E-state index in [1.54, 1.807) is 11.1 Å². The zero-order chi connectivity index (χ0) is 22.3. The summed E-state index contributed by atoms with van der Waals surface area (Å²) in [7, 11) is 0. The number of likely N-dealkylation sites (tertiary alicyclic amines) is 1. The Morgan fingerprint density at radius 3 is 2.44 bits per heavy atom. The van der Waals surface area contributed by atoms with Crippen LogP contribution in [0.3, 0.4) is 0 Å². The summed E-state index contributed by atoms with van der Waals surface area (Å²) in [6, 6.07) is 22.4. The van der Waals surface area contributed by atoms with E-state index in [2.05, 4.69) is 15.6 Å². The number of nitrogens with zero attached hydrogens (tertiary/aromatic N) is 2. The first kappa shape index (κ1) is 21.6. The van der Waals surface area contributed by atoms with E-state index in [-0.39, 0.29) is 18.0 Å². The van der Waals surface area contributed by atoms with Gasteiger partial charge in [-0.3, -0.25) is 9.78 Å². The van der Waals surface area contributed by atoms with Crippen molar-refractivity contribution < 1.29 is 9.59 Å². The van der Waals surface area contributed by atoms with Crippen LogP contribution in [0.15, 0.2) is 79.0 Å². The van der Waals surface area contributed by atoms with Crippen molar-refractivity contribution in [2.24, 2.45) is 0 Å². The molecule has 4 rings (SSSR count). The molecule has 1 unspecified atom stereocenters. The van der Waals surface area contributed by atoms with Gasteiger partial charge in [-0.25, -0.2) is 4.79 Å². The molecule has 32 heavy (non-hydrogen) atoms. The molecule has 6 nitrogen and oxygen atoms in total. The maximum absolute atomic E-state index is 13.3. The molecule has 2 heterocycles. The van der Waals surface area contributed by atoms with Gasteiger partial charge in [0.25, 0.3) is 0 Å². The van der Waals surface area contributed by atoms with Gasteiger partial charge in [0.15, 0.2) is 0 Å². The summed E-state index contributed by atoms with van der Waals surface area (Å²) >= 11 is 0. The summed E-state index contributed by atoms with van der Waals surface area (Å²) in [6.45, 7) is 2.48. The predicted octanol–water partition coefficient (Wildman–Crippen LogP) is 4.49. The Balaban J connectivity index is 1.48. The average molecular weight is 429 g/mol. The Labute approximate surface area is 188 Å². The molecule has 3 amide bonds. The van der Waals surface area contributed by atoms with E-state index in [0.29, 0.717) is 25.1 Å². The number of urea groups is 1. The van der Waals surface area contributed by atoms with E-state index in [0.717, 1.165) is 23.2 Å². The summed E-state index contributed by atoms with van der Waals surface area (Å²) in [6.07, 6.45) is 3.76. The number of carbonyl (C=O) groups excluding carboxylic acids is 2. The van der Waals surface area contributed by atoms with E-state index in [1.807, 2.05) is 79.7 Å². The second-order valence-electron chi connectivity index (χ2n) is 8.09. The number of hydrogen-bond acceptors (Lipinski definition) is 3. The average Bonchev–Trinajstić information content (AvgIpc) is 3.27. The highest BCUT2D eigenvalue weighted by atomic mass is 16.2. The molecule has 0 aliphatic carbocycles. The number of hydrogen-bond donors (Lipinski definition) is 2. The third-order valence-corrected chi connectivity index (χ3v) is 5.82. The Morgan fingerprint density at radius 2 is 1.72 bits per heavy atom. The van der Waals surface area contributed by atoms with Gasteiger partial charge in [0.05, 0.1) is 6.04 Å². The number of aromatic nitrogens is 1. The summed E-state index contributed by atoms with van der Waals surface area (Å²) in [5, 5.41) is 5.98. The van der Waals surface area contributed by atoms with Crippen molar-refractivity contribution in [2.45, 2.75) is 38.3 Å². The molecule has 3 aromatic rings. The minimum atomic E-state index is -0.519. The van der Waals surface area contributed by atoms with Crippen molar-refractivity contribution in [1.29, 1.82) is 0 Å².